The van der Waals surface area contributed by atoms with Crippen LogP contribution in [0.3, 0.4) is 0 Å². The first-order chi connectivity index (χ1) is 9.40. The standard InChI is InChI=1S/C12H13F2NO5/c1-3-10(12(16)19-4-2)20-11-6-7(13)9(15(17)18)5-8(11)14/h5-6,10H,3-4H2,1-2H3. The molecule has 1 rings (SSSR count). The summed E-state index contributed by atoms with van der Waals surface area (Å²) in [5.41, 5.74) is -1.00. The first-order valence-electron chi connectivity index (χ1n) is 5.87. The van der Waals surface area contributed by atoms with Crippen molar-refractivity contribution in [2.45, 2.75) is 26.4 Å². The van der Waals surface area contributed by atoms with E-state index in [0.717, 1.165) is 0 Å². The lowest BCUT2D eigenvalue weighted by Gasteiger charge is -2.16. The fourth-order valence-electron chi connectivity index (χ4n) is 1.43. The number of hydrogen-bond donors (Lipinski definition) is 0. The molecule has 0 amide bonds. The summed E-state index contributed by atoms with van der Waals surface area (Å²) in [6.07, 6.45) is -0.929. The molecule has 0 saturated carbocycles. The molecule has 1 unspecified atom stereocenters. The Balaban J connectivity index is 3.00. The van der Waals surface area contributed by atoms with Gasteiger partial charge in [0.1, 0.15) is 0 Å². The van der Waals surface area contributed by atoms with Crippen LogP contribution in [0.15, 0.2) is 12.1 Å². The van der Waals surface area contributed by atoms with Gasteiger partial charge in [0.05, 0.1) is 17.6 Å². The Morgan fingerprint density at radius 2 is 2.00 bits per heavy atom. The summed E-state index contributed by atoms with van der Waals surface area (Å²) in [5, 5.41) is 10.4. The highest BCUT2D eigenvalue weighted by Gasteiger charge is 2.24. The molecule has 1 atom stereocenters. The third-order valence-electron chi connectivity index (χ3n) is 2.39. The van der Waals surface area contributed by atoms with Crippen molar-refractivity contribution in [3.05, 3.63) is 33.9 Å². The Hall–Kier alpha value is -2.25. The third-order valence-corrected chi connectivity index (χ3v) is 2.39. The van der Waals surface area contributed by atoms with E-state index >= 15 is 0 Å². The second kappa shape index (κ2) is 6.78. The van der Waals surface area contributed by atoms with Crippen molar-refractivity contribution in [1.29, 1.82) is 0 Å². The fraction of sp³-hybridized carbons (Fsp3) is 0.417. The average Bonchev–Trinajstić information content (AvgIpc) is 2.39. The van der Waals surface area contributed by atoms with E-state index in [1.165, 1.54) is 0 Å². The minimum atomic E-state index is -1.25. The van der Waals surface area contributed by atoms with Crippen molar-refractivity contribution in [3.63, 3.8) is 0 Å². The van der Waals surface area contributed by atoms with Crippen molar-refractivity contribution in [2.75, 3.05) is 6.61 Å². The highest BCUT2D eigenvalue weighted by atomic mass is 19.1. The number of ether oxygens (including phenoxy) is 2. The van der Waals surface area contributed by atoms with Crippen molar-refractivity contribution in [2.24, 2.45) is 0 Å². The summed E-state index contributed by atoms with van der Waals surface area (Å²) in [4.78, 5) is 20.9. The molecule has 0 N–H and O–H groups in total. The number of halogens is 2. The summed E-state index contributed by atoms with van der Waals surface area (Å²) in [6.45, 7) is 3.31. The van der Waals surface area contributed by atoms with Crippen LogP contribution < -0.4 is 4.74 Å². The number of carbonyl (C=O) groups is 1. The zero-order chi connectivity index (χ0) is 15.3. The van der Waals surface area contributed by atoms with Gasteiger partial charge in [0.2, 0.25) is 5.82 Å². The number of nitro groups is 1. The number of carbonyl (C=O) groups excluding carboxylic acids is 1. The molecular weight excluding hydrogens is 276 g/mol. The Morgan fingerprint density at radius 3 is 2.50 bits per heavy atom. The van der Waals surface area contributed by atoms with E-state index in [-0.39, 0.29) is 13.0 Å². The zero-order valence-corrected chi connectivity index (χ0v) is 10.9. The van der Waals surface area contributed by atoms with E-state index in [1.54, 1.807) is 13.8 Å². The van der Waals surface area contributed by atoms with Crippen LogP contribution in [-0.2, 0) is 9.53 Å². The SMILES string of the molecule is CCOC(=O)C(CC)Oc1cc(F)c([N+](=O)[O-])cc1F. The molecule has 110 valence electrons. The van der Waals surface area contributed by atoms with Gasteiger partial charge in [-0.2, -0.15) is 4.39 Å². The maximum Gasteiger partial charge on any atom is 0.347 e. The number of esters is 1. The minimum absolute atomic E-state index is 0.121. The Bertz CT molecular complexity index is 521. The van der Waals surface area contributed by atoms with Crippen LogP contribution in [0.1, 0.15) is 20.3 Å². The van der Waals surface area contributed by atoms with Crippen LogP contribution in [0.2, 0.25) is 0 Å². The van der Waals surface area contributed by atoms with Crippen LogP contribution in [-0.4, -0.2) is 23.6 Å². The molecule has 0 heterocycles. The van der Waals surface area contributed by atoms with Crippen LogP contribution in [0.25, 0.3) is 0 Å². The predicted octanol–water partition coefficient (Wildman–Crippen LogP) is 2.59. The van der Waals surface area contributed by atoms with Gasteiger partial charge in [-0.25, -0.2) is 9.18 Å². The molecule has 1 aromatic carbocycles. The van der Waals surface area contributed by atoms with Crippen molar-refractivity contribution < 1.29 is 28.0 Å². The number of hydrogen-bond acceptors (Lipinski definition) is 5. The molecule has 0 bridgehead atoms. The molecule has 20 heavy (non-hydrogen) atoms. The lowest BCUT2D eigenvalue weighted by molar-refractivity contribution is -0.387. The fourth-order valence-corrected chi connectivity index (χ4v) is 1.43. The van der Waals surface area contributed by atoms with Gasteiger partial charge in [0.25, 0.3) is 0 Å². The number of nitrogens with zero attached hydrogens (tertiary/aromatic N) is 1. The van der Waals surface area contributed by atoms with Gasteiger partial charge in [-0.15, -0.1) is 0 Å². The average molecular weight is 289 g/mol. The van der Waals surface area contributed by atoms with E-state index in [9.17, 15) is 23.7 Å². The van der Waals surface area contributed by atoms with Gasteiger partial charge in [-0.3, -0.25) is 10.1 Å². The van der Waals surface area contributed by atoms with Crippen LogP contribution in [0.5, 0.6) is 5.75 Å². The molecule has 0 aliphatic heterocycles. The van der Waals surface area contributed by atoms with Gasteiger partial charge >= 0.3 is 11.7 Å². The monoisotopic (exact) mass is 289 g/mol. The lowest BCUT2D eigenvalue weighted by atomic mass is 10.2. The van der Waals surface area contributed by atoms with E-state index in [1.807, 2.05) is 0 Å². The van der Waals surface area contributed by atoms with Crippen molar-refractivity contribution in [3.8, 4) is 5.75 Å². The molecule has 8 heteroatoms. The maximum absolute atomic E-state index is 13.6. The van der Waals surface area contributed by atoms with Gasteiger partial charge < -0.3 is 9.47 Å². The largest absolute Gasteiger partial charge is 0.476 e. The highest BCUT2D eigenvalue weighted by molar-refractivity contribution is 5.75. The Labute approximate surface area is 113 Å². The summed E-state index contributed by atoms with van der Waals surface area (Å²) >= 11 is 0. The number of rotatable bonds is 6. The summed E-state index contributed by atoms with van der Waals surface area (Å²) in [7, 11) is 0. The molecule has 0 fully saturated rings. The summed E-state index contributed by atoms with van der Waals surface area (Å²) in [5.74, 6) is -3.66. The first kappa shape index (κ1) is 15.8. The molecule has 0 spiro atoms. The summed E-state index contributed by atoms with van der Waals surface area (Å²) < 4.78 is 36.7. The lowest BCUT2D eigenvalue weighted by Crippen LogP contribution is -2.29. The molecule has 0 aliphatic rings. The van der Waals surface area contributed by atoms with Gasteiger partial charge in [-0.05, 0) is 13.3 Å². The molecular formula is C12H13F2NO5. The van der Waals surface area contributed by atoms with Crippen LogP contribution in [0, 0.1) is 21.7 Å². The number of benzene rings is 1. The smallest absolute Gasteiger partial charge is 0.347 e. The van der Waals surface area contributed by atoms with E-state index < -0.39 is 40.1 Å². The van der Waals surface area contributed by atoms with Crippen LogP contribution in [0.4, 0.5) is 14.5 Å². The van der Waals surface area contributed by atoms with Crippen LogP contribution >= 0.6 is 0 Å². The first-order valence-corrected chi connectivity index (χ1v) is 5.87. The molecule has 0 aliphatic carbocycles. The topological polar surface area (TPSA) is 78.7 Å². The Morgan fingerprint density at radius 1 is 1.35 bits per heavy atom. The summed E-state index contributed by atoms with van der Waals surface area (Å²) in [6, 6.07) is 0.942. The van der Waals surface area contributed by atoms with Gasteiger partial charge in [0, 0.05) is 6.07 Å². The van der Waals surface area contributed by atoms with Gasteiger partial charge in [-0.1, -0.05) is 6.92 Å². The third kappa shape index (κ3) is 3.62. The molecule has 0 aromatic heterocycles. The van der Waals surface area contributed by atoms with Gasteiger partial charge in [0.15, 0.2) is 17.7 Å². The second-order valence-electron chi connectivity index (χ2n) is 3.76. The maximum atomic E-state index is 13.6. The van der Waals surface area contributed by atoms with E-state index in [4.69, 9.17) is 9.47 Å². The number of nitro benzene ring substituents is 1. The molecule has 1 aromatic rings. The normalized spacial score (nSPS) is 11.8. The van der Waals surface area contributed by atoms with Crippen molar-refractivity contribution in [1.82, 2.24) is 0 Å². The Kier molecular flexibility index (Phi) is 5.36. The molecule has 0 radical (unpaired) electrons. The zero-order valence-electron chi connectivity index (χ0n) is 10.9. The second-order valence-corrected chi connectivity index (χ2v) is 3.76. The molecule has 6 nitrogen and oxygen atoms in total. The minimum Gasteiger partial charge on any atom is -0.476 e. The van der Waals surface area contributed by atoms with Crippen molar-refractivity contribution >= 4 is 11.7 Å². The highest BCUT2D eigenvalue weighted by Crippen LogP contribution is 2.27. The van der Waals surface area contributed by atoms with E-state index in [2.05, 4.69) is 0 Å². The predicted molar refractivity (Wildman–Crippen MR) is 64.4 cm³/mol. The quantitative estimate of drug-likeness (QED) is 0.457. The molecule has 0 saturated heterocycles. The van der Waals surface area contributed by atoms with E-state index in [0.29, 0.717) is 12.1 Å².